The van der Waals surface area contributed by atoms with E-state index in [9.17, 15) is 13.2 Å². The van der Waals surface area contributed by atoms with E-state index in [1.807, 2.05) is 12.1 Å². The van der Waals surface area contributed by atoms with Gasteiger partial charge in [0.1, 0.15) is 6.04 Å². The first kappa shape index (κ1) is 19.4. The maximum absolute atomic E-state index is 13.1. The van der Waals surface area contributed by atoms with Crippen molar-refractivity contribution >= 4 is 27.5 Å². The zero-order valence-electron chi connectivity index (χ0n) is 15.5. The van der Waals surface area contributed by atoms with Crippen LogP contribution in [0.15, 0.2) is 53.4 Å². The SMILES string of the molecule is O=C(N[C@H]1CCCc2ccccc21)[C@H]1CCCN1S(=O)(=O)c1ccc(Cl)cc1. The molecule has 1 fully saturated rings. The second kappa shape index (κ2) is 7.85. The molecule has 4 rings (SSSR count). The van der Waals surface area contributed by atoms with Gasteiger partial charge in [0.05, 0.1) is 10.9 Å². The zero-order valence-corrected chi connectivity index (χ0v) is 17.0. The minimum Gasteiger partial charge on any atom is -0.348 e. The quantitative estimate of drug-likeness (QED) is 0.823. The van der Waals surface area contributed by atoms with Gasteiger partial charge in [0.15, 0.2) is 0 Å². The summed E-state index contributed by atoms with van der Waals surface area (Å²) in [6.07, 6.45) is 4.11. The summed E-state index contributed by atoms with van der Waals surface area (Å²) in [4.78, 5) is 13.2. The summed E-state index contributed by atoms with van der Waals surface area (Å²) in [7, 11) is -3.74. The van der Waals surface area contributed by atoms with Crippen LogP contribution in [0.4, 0.5) is 0 Å². The van der Waals surface area contributed by atoms with Gasteiger partial charge in [0, 0.05) is 11.6 Å². The minimum atomic E-state index is -3.74. The van der Waals surface area contributed by atoms with Crippen molar-refractivity contribution in [3.8, 4) is 0 Å². The van der Waals surface area contributed by atoms with Gasteiger partial charge < -0.3 is 5.32 Å². The van der Waals surface area contributed by atoms with Gasteiger partial charge in [-0.15, -0.1) is 0 Å². The summed E-state index contributed by atoms with van der Waals surface area (Å²) in [5.41, 5.74) is 2.41. The van der Waals surface area contributed by atoms with Crippen molar-refractivity contribution in [2.75, 3.05) is 6.54 Å². The molecule has 7 heteroatoms. The lowest BCUT2D eigenvalue weighted by atomic mass is 9.87. The van der Waals surface area contributed by atoms with Crippen molar-refractivity contribution < 1.29 is 13.2 Å². The molecule has 1 heterocycles. The lowest BCUT2D eigenvalue weighted by Gasteiger charge is -2.29. The number of carbonyl (C=O) groups excluding carboxylic acids is 1. The number of hydrogen-bond donors (Lipinski definition) is 1. The number of nitrogens with one attached hydrogen (secondary N) is 1. The van der Waals surface area contributed by atoms with Crippen LogP contribution >= 0.6 is 11.6 Å². The molecule has 2 atom stereocenters. The van der Waals surface area contributed by atoms with Crippen LogP contribution in [-0.4, -0.2) is 31.2 Å². The van der Waals surface area contributed by atoms with Gasteiger partial charge in [-0.25, -0.2) is 8.42 Å². The first-order valence-corrected chi connectivity index (χ1v) is 11.4. The summed E-state index contributed by atoms with van der Waals surface area (Å²) in [5.74, 6) is -0.211. The molecule has 2 aliphatic rings. The van der Waals surface area contributed by atoms with Gasteiger partial charge in [0.2, 0.25) is 15.9 Å². The Morgan fingerprint density at radius 3 is 2.57 bits per heavy atom. The summed E-state index contributed by atoms with van der Waals surface area (Å²) in [6.45, 7) is 0.351. The molecule has 148 valence electrons. The topological polar surface area (TPSA) is 66.5 Å². The van der Waals surface area contributed by atoms with Gasteiger partial charge in [-0.05, 0) is 67.5 Å². The molecule has 1 saturated heterocycles. The summed E-state index contributed by atoms with van der Waals surface area (Å²) < 4.78 is 27.4. The first-order valence-electron chi connectivity index (χ1n) is 9.62. The number of carbonyl (C=O) groups is 1. The fourth-order valence-electron chi connectivity index (χ4n) is 4.20. The van der Waals surface area contributed by atoms with E-state index in [-0.39, 0.29) is 16.8 Å². The van der Waals surface area contributed by atoms with Crippen LogP contribution in [0.5, 0.6) is 0 Å². The maximum Gasteiger partial charge on any atom is 0.243 e. The highest BCUT2D eigenvalue weighted by Gasteiger charge is 2.40. The number of nitrogens with zero attached hydrogens (tertiary/aromatic N) is 1. The summed E-state index contributed by atoms with van der Waals surface area (Å²) in [6, 6.07) is 13.5. The Morgan fingerprint density at radius 1 is 1.04 bits per heavy atom. The Labute approximate surface area is 170 Å². The number of aryl methyl sites for hydroxylation is 1. The van der Waals surface area contributed by atoms with Gasteiger partial charge in [0.25, 0.3) is 0 Å². The molecule has 1 aliphatic carbocycles. The molecule has 0 radical (unpaired) electrons. The third kappa shape index (κ3) is 3.69. The number of sulfonamides is 1. The van der Waals surface area contributed by atoms with Gasteiger partial charge >= 0.3 is 0 Å². The van der Waals surface area contributed by atoms with Crippen LogP contribution in [0.25, 0.3) is 0 Å². The number of amides is 1. The molecule has 1 N–H and O–H groups in total. The van der Waals surface area contributed by atoms with Gasteiger partial charge in [-0.3, -0.25) is 4.79 Å². The van der Waals surface area contributed by atoms with E-state index in [1.54, 1.807) is 12.1 Å². The van der Waals surface area contributed by atoms with E-state index < -0.39 is 16.1 Å². The highest BCUT2D eigenvalue weighted by Crippen LogP contribution is 2.31. The number of benzene rings is 2. The second-order valence-corrected chi connectivity index (χ2v) is 9.71. The fourth-order valence-corrected chi connectivity index (χ4v) is 5.99. The standard InChI is InChI=1S/C21H23ClN2O3S/c22-16-10-12-17(13-11-16)28(26,27)24-14-4-9-20(24)21(25)23-19-8-3-6-15-5-1-2-7-18(15)19/h1-2,5,7,10-13,19-20H,3-4,6,8-9,14H2,(H,23,25)/t19-,20+/m0/s1. The van der Waals surface area contributed by atoms with Gasteiger partial charge in [-0.2, -0.15) is 4.31 Å². The average Bonchev–Trinajstić information content (AvgIpc) is 3.20. The summed E-state index contributed by atoms with van der Waals surface area (Å²) in [5, 5.41) is 3.59. The molecule has 0 aromatic heterocycles. The van der Waals surface area contributed by atoms with E-state index >= 15 is 0 Å². The number of fused-ring (bicyclic) bond motifs is 1. The molecular weight excluding hydrogens is 396 g/mol. The predicted octanol–water partition coefficient (Wildman–Crippen LogP) is 3.69. The van der Waals surface area contributed by atoms with Crippen molar-refractivity contribution in [1.29, 1.82) is 0 Å². The lowest BCUT2D eigenvalue weighted by molar-refractivity contribution is -0.125. The van der Waals surface area contributed by atoms with Crippen molar-refractivity contribution in [1.82, 2.24) is 9.62 Å². The molecule has 5 nitrogen and oxygen atoms in total. The van der Waals surface area contributed by atoms with Crippen LogP contribution in [0.1, 0.15) is 42.9 Å². The van der Waals surface area contributed by atoms with Crippen molar-refractivity contribution in [2.24, 2.45) is 0 Å². The molecule has 1 amide bonds. The first-order chi connectivity index (χ1) is 13.5. The number of halogens is 1. The normalized spacial score (nSPS) is 22.6. The Kier molecular flexibility index (Phi) is 5.45. The zero-order chi connectivity index (χ0) is 19.7. The molecule has 0 saturated carbocycles. The van der Waals surface area contributed by atoms with Crippen molar-refractivity contribution in [3.05, 3.63) is 64.7 Å². The predicted molar refractivity (Wildman–Crippen MR) is 109 cm³/mol. The molecular formula is C21H23ClN2O3S. The Bertz CT molecular complexity index is 975. The Balaban J connectivity index is 1.54. The lowest BCUT2D eigenvalue weighted by Crippen LogP contribution is -2.47. The highest BCUT2D eigenvalue weighted by molar-refractivity contribution is 7.89. The van der Waals surface area contributed by atoms with E-state index in [0.29, 0.717) is 24.4 Å². The van der Waals surface area contributed by atoms with E-state index in [4.69, 9.17) is 11.6 Å². The van der Waals surface area contributed by atoms with Crippen LogP contribution in [0.3, 0.4) is 0 Å². The van der Waals surface area contributed by atoms with E-state index in [0.717, 1.165) is 24.8 Å². The van der Waals surface area contributed by atoms with Gasteiger partial charge in [-0.1, -0.05) is 35.9 Å². The molecule has 1 aliphatic heterocycles. The molecule has 2 aromatic rings. The smallest absolute Gasteiger partial charge is 0.243 e. The monoisotopic (exact) mass is 418 g/mol. The van der Waals surface area contributed by atoms with Crippen LogP contribution in [0.2, 0.25) is 5.02 Å². The maximum atomic E-state index is 13.1. The van der Waals surface area contributed by atoms with E-state index in [2.05, 4.69) is 17.4 Å². The largest absolute Gasteiger partial charge is 0.348 e. The molecule has 0 bridgehead atoms. The van der Waals surface area contributed by atoms with Crippen LogP contribution in [-0.2, 0) is 21.2 Å². The summed E-state index contributed by atoms with van der Waals surface area (Å²) >= 11 is 5.88. The molecule has 2 aromatic carbocycles. The number of rotatable bonds is 4. The minimum absolute atomic E-state index is 0.0573. The van der Waals surface area contributed by atoms with E-state index in [1.165, 1.54) is 22.0 Å². The molecule has 0 unspecified atom stereocenters. The second-order valence-electron chi connectivity index (χ2n) is 7.38. The highest BCUT2D eigenvalue weighted by atomic mass is 35.5. The third-order valence-electron chi connectivity index (χ3n) is 5.61. The fraction of sp³-hybridized carbons (Fsp3) is 0.381. The molecule has 0 spiro atoms. The van der Waals surface area contributed by atoms with Crippen LogP contribution in [0, 0.1) is 0 Å². The Morgan fingerprint density at radius 2 is 1.79 bits per heavy atom. The number of hydrogen-bond acceptors (Lipinski definition) is 3. The van der Waals surface area contributed by atoms with Crippen LogP contribution < -0.4 is 5.32 Å². The van der Waals surface area contributed by atoms with Crippen molar-refractivity contribution in [2.45, 2.75) is 49.1 Å². The third-order valence-corrected chi connectivity index (χ3v) is 7.79. The van der Waals surface area contributed by atoms with Crippen molar-refractivity contribution in [3.63, 3.8) is 0 Å². The average molecular weight is 419 g/mol. The Hall–Kier alpha value is -1.89. The molecule has 28 heavy (non-hydrogen) atoms.